The van der Waals surface area contributed by atoms with Crippen molar-refractivity contribution in [3.63, 3.8) is 0 Å². The molecule has 0 fully saturated rings. The van der Waals surface area contributed by atoms with Gasteiger partial charge in [-0.15, -0.1) is 0 Å². The van der Waals surface area contributed by atoms with Crippen LogP contribution >= 0.6 is 11.6 Å². The summed E-state index contributed by atoms with van der Waals surface area (Å²) in [6, 6.07) is 6.82. The van der Waals surface area contributed by atoms with Crippen molar-refractivity contribution >= 4 is 11.6 Å². The average Bonchev–Trinajstić information content (AvgIpc) is 2.20. The minimum Gasteiger partial charge on any atom is -0.317 e. The van der Waals surface area contributed by atoms with E-state index in [0.717, 1.165) is 11.4 Å². The Bertz CT molecular complexity index is 334. The largest absolute Gasteiger partial charge is 0.317 e. The standard InChI is InChI=1S/C14H22ClN/c1-10(2)7-13(16-4)9-12-6-5-11(3)8-14(12)15/h5-6,8,10,13,16H,7,9H2,1-4H3. The summed E-state index contributed by atoms with van der Waals surface area (Å²) >= 11 is 6.24. The molecule has 90 valence electrons. The number of nitrogens with one attached hydrogen (secondary N) is 1. The highest BCUT2D eigenvalue weighted by atomic mass is 35.5. The summed E-state index contributed by atoms with van der Waals surface area (Å²) in [4.78, 5) is 0. The van der Waals surface area contributed by atoms with Gasteiger partial charge in [-0.3, -0.25) is 0 Å². The van der Waals surface area contributed by atoms with E-state index in [1.165, 1.54) is 17.5 Å². The minimum atomic E-state index is 0.514. The topological polar surface area (TPSA) is 12.0 Å². The number of rotatable bonds is 5. The molecule has 1 aromatic rings. The molecule has 1 unspecified atom stereocenters. The summed E-state index contributed by atoms with van der Waals surface area (Å²) < 4.78 is 0. The molecule has 0 bridgehead atoms. The van der Waals surface area contributed by atoms with Crippen LogP contribution in [-0.2, 0) is 6.42 Å². The van der Waals surface area contributed by atoms with Crippen molar-refractivity contribution in [2.45, 2.75) is 39.7 Å². The van der Waals surface area contributed by atoms with E-state index >= 15 is 0 Å². The molecule has 0 aliphatic carbocycles. The zero-order chi connectivity index (χ0) is 12.1. The van der Waals surface area contributed by atoms with Crippen LogP contribution in [0.1, 0.15) is 31.4 Å². The molecule has 0 saturated heterocycles. The van der Waals surface area contributed by atoms with Gasteiger partial charge in [0.25, 0.3) is 0 Å². The first kappa shape index (κ1) is 13.5. The predicted octanol–water partition coefficient (Wildman–Crippen LogP) is 3.83. The Balaban J connectivity index is 2.70. The second-order valence-corrected chi connectivity index (χ2v) is 5.32. The summed E-state index contributed by atoms with van der Waals surface area (Å²) in [7, 11) is 2.02. The predicted molar refractivity (Wildman–Crippen MR) is 72.2 cm³/mol. The zero-order valence-electron chi connectivity index (χ0n) is 10.7. The average molecular weight is 240 g/mol. The molecule has 1 aromatic carbocycles. The van der Waals surface area contributed by atoms with Crippen LogP contribution in [0.4, 0.5) is 0 Å². The number of likely N-dealkylation sites (N-methyl/N-ethyl adjacent to an activating group) is 1. The molecule has 2 heteroatoms. The molecule has 0 aliphatic rings. The first-order chi connectivity index (χ1) is 7.52. The first-order valence-corrected chi connectivity index (χ1v) is 6.33. The van der Waals surface area contributed by atoms with Gasteiger partial charge in [0.1, 0.15) is 0 Å². The van der Waals surface area contributed by atoms with E-state index in [0.29, 0.717) is 12.0 Å². The third kappa shape index (κ3) is 4.15. The van der Waals surface area contributed by atoms with Gasteiger partial charge < -0.3 is 5.32 Å². The molecule has 1 rings (SSSR count). The Morgan fingerprint density at radius 1 is 1.31 bits per heavy atom. The number of halogens is 1. The summed E-state index contributed by atoms with van der Waals surface area (Å²) in [5.41, 5.74) is 2.46. The molecule has 0 amide bonds. The zero-order valence-corrected chi connectivity index (χ0v) is 11.4. The van der Waals surface area contributed by atoms with Gasteiger partial charge in [0, 0.05) is 11.1 Å². The number of hydrogen-bond donors (Lipinski definition) is 1. The highest BCUT2D eigenvalue weighted by molar-refractivity contribution is 6.31. The summed E-state index contributed by atoms with van der Waals surface area (Å²) in [5, 5.41) is 4.26. The van der Waals surface area contributed by atoms with Gasteiger partial charge in [-0.2, -0.15) is 0 Å². The van der Waals surface area contributed by atoms with Crippen LogP contribution in [0.15, 0.2) is 18.2 Å². The van der Waals surface area contributed by atoms with E-state index in [2.05, 4.69) is 38.2 Å². The van der Waals surface area contributed by atoms with Crippen molar-refractivity contribution in [3.8, 4) is 0 Å². The lowest BCUT2D eigenvalue weighted by atomic mass is 9.97. The normalized spacial score (nSPS) is 13.1. The monoisotopic (exact) mass is 239 g/mol. The van der Waals surface area contributed by atoms with Gasteiger partial charge in [-0.1, -0.05) is 37.6 Å². The van der Waals surface area contributed by atoms with Gasteiger partial charge in [0.2, 0.25) is 0 Å². The molecular formula is C14H22ClN. The van der Waals surface area contributed by atoms with Crippen LogP contribution in [0.25, 0.3) is 0 Å². The third-order valence-electron chi connectivity index (χ3n) is 2.84. The molecule has 1 N–H and O–H groups in total. The molecule has 0 aliphatic heterocycles. The highest BCUT2D eigenvalue weighted by Crippen LogP contribution is 2.20. The Morgan fingerprint density at radius 2 is 2.00 bits per heavy atom. The van der Waals surface area contributed by atoms with E-state index in [9.17, 15) is 0 Å². The Hall–Kier alpha value is -0.530. The third-order valence-corrected chi connectivity index (χ3v) is 3.19. The van der Waals surface area contributed by atoms with Gasteiger partial charge in [-0.25, -0.2) is 0 Å². The minimum absolute atomic E-state index is 0.514. The fourth-order valence-corrected chi connectivity index (χ4v) is 2.27. The lowest BCUT2D eigenvalue weighted by Crippen LogP contribution is -2.29. The fourth-order valence-electron chi connectivity index (χ4n) is 1.96. The van der Waals surface area contributed by atoms with Gasteiger partial charge in [0.05, 0.1) is 0 Å². The second kappa shape index (κ2) is 6.27. The van der Waals surface area contributed by atoms with Crippen molar-refractivity contribution in [1.29, 1.82) is 0 Å². The Labute approximate surface area is 104 Å². The van der Waals surface area contributed by atoms with Gasteiger partial charge in [-0.05, 0) is 49.9 Å². The fraction of sp³-hybridized carbons (Fsp3) is 0.571. The van der Waals surface area contributed by atoms with E-state index in [1.54, 1.807) is 0 Å². The quantitative estimate of drug-likeness (QED) is 0.824. The Kier molecular flexibility index (Phi) is 5.30. The van der Waals surface area contributed by atoms with Crippen LogP contribution in [-0.4, -0.2) is 13.1 Å². The Morgan fingerprint density at radius 3 is 2.50 bits per heavy atom. The lowest BCUT2D eigenvalue weighted by Gasteiger charge is -2.19. The molecule has 0 aromatic heterocycles. The van der Waals surface area contributed by atoms with Crippen molar-refractivity contribution < 1.29 is 0 Å². The van der Waals surface area contributed by atoms with Crippen LogP contribution < -0.4 is 5.32 Å². The number of aryl methyl sites for hydroxylation is 1. The van der Waals surface area contributed by atoms with E-state index in [4.69, 9.17) is 11.6 Å². The number of hydrogen-bond acceptors (Lipinski definition) is 1. The highest BCUT2D eigenvalue weighted by Gasteiger charge is 2.11. The first-order valence-electron chi connectivity index (χ1n) is 5.95. The van der Waals surface area contributed by atoms with Gasteiger partial charge >= 0.3 is 0 Å². The molecule has 16 heavy (non-hydrogen) atoms. The molecular weight excluding hydrogens is 218 g/mol. The SMILES string of the molecule is CNC(Cc1ccc(C)cc1Cl)CC(C)C. The van der Waals surface area contributed by atoms with Crippen molar-refractivity contribution in [1.82, 2.24) is 5.32 Å². The van der Waals surface area contributed by atoms with Gasteiger partial charge in [0.15, 0.2) is 0 Å². The molecule has 0 saturated carbocycles. The van der Waals surface area contributed by atoms with Crippen LogP contribution in [0.5, 0.6) is 0 Å². The lowest BCUT2D eigenvalue weighted by molar-refractivity contribution is 0.441. The van der Waals surface area contributed by atoms with E-state index in [-0.39, 0.29) is 0 Å². The van der Waals surface area contributed by atoms with E-state index in [1.807, 2.05) is 13.1 Å². The summed E-state index contributed by atoms with van der Waals surface area (Å²) in [6.07, 6.45) is 2.19. The molecule has 1 atom stereocenters. The van der Waals surface area contributed by atoms with Crippen molar-refractivity contribution in [2.75, 3.05) is 7.05 Å². The summed E-state index contributed by atoms with van der Waals surface area (Å²) in [6.45, 7) is 6.57. The molecule has 0 radical (unpaired) electrons. The maximum absolute atomic E-state index is 6.24. The van der Waals surface area contributed by atoms with E-state index < -0.39 is 0 Å². The smallest absolute Gasteiger partial charge is 0.0441 e. The maximum Gasteiger partial charge on any atom is 0.0441 e. The number of benzene rings is 1. The second-order valence-electron chi connectivity index (χ2n) is 4.91. The van der Waals surface area contributed by atoms with Crippen molar-refractivity contribution in [3.05, 3.63) is 34.3 Å². The van der Waals surface area contributed by atoms with Crippen LogP contribution in [0.2, 0.25) is 5.02 Å². The van der Waals surface area contributed by atoms with Crippen LogP contribution in [0, 0.1) is 12.8 Å². The molecule has 1 nitrogen and oxygen atoms in total. The summed E-state index contributed by atoms with van der Waals surface area (Å²) in [5.74, 6) is 0.710. The van der Waals surface area contributed by atoms with Crippen LogP contribution in [0.3, 0.4) is 0 Å². The maximum atomic E-state index is 6.24. The molecule has 0 spiro atoms. The molecule has 0 heterocycles. The van der Waals surface area contributed by atoms with Crippen molar-refractivity contribution in [2.24, 2.45) is 5.92 Å².